The normalized spacial score (nSPS) is 11.3. The molecule has 0 amide bonds. The van der Waals surface area contributed by atoms with Crippen molar-refractivity contribution in [2.75, 3.05) is 7.11 Å². The summed E-state index contributed by atoms with van der Waals surface area (Å²) in [6, 6.07) is 17.8. The van der Waals surface area contributed by atoms with Crippen molar-refractivity contribution < 1.29 is 9.94 Å². The molecule has 0 fully saturated rings. The van der Waals surface area contributed by atoms with Crippen LogP contribution in [0, 0.1) is 0 Å². The first-order valence-corrected chi connectivity index (χ1v) is 7.93. The average molecular weight is 320 g/mol. The molecule has 3 nitrogen and oxygen atoms in total. The van der Waals surface area contributed by atoms with E-state index in [1.807, 2.05) is 42.5 Å². The standard InChI is InChI=1S/C15H15NO2Se/c1-18-13-7-9-14(10-8-13)19-11-15(16-17)12-5-3-2-4-6-12/h2-10,17H,11H2,1H3/b16-15+. The zero-order valence-corrected chi connectivity index (χ0v) is 12.3. The van der Waals surface area contributed by atoms with E-state index in [1.165, 1.54) is 4.46 Å². The molecule has 0 aliphatic rings. The molecule has 0 heterocycles. The summed E-state index contributed by atoms with van der Waals surface area (Å²) in [5, 5.41) is 13.3. The van der Waals surface area contributed by atoms with Crippen molar-refractivity contribution in [1.82, 2.24) is 0 Å². The first kappa shape index (κ1) is 13.7. The van der Waals surface area contributed by atoms with Gasteiger partial charge in [-0.15, -0.1) is 0 Å². The number of ether oxygens (including phenoxy) is 1. The molecule has 98 valence electrons. The quantitative estimate of drug-likeness (QED) is 0.398. The first-order valence-electron chi connectivity index (χ1n) is 5.86. The molecular formula is C15H15NO2Se. The van der Waals surface area contributed by atoms with E-state index < -0.39 is 0 Å². The van der Waals surface area contributed by atoms with Crippen molar-refractivity contribution in [2.24, 2.45) is 5.16 Å². The van der Waals surface area contributed by atoms with Crippen molar-refractivity contribution in [1.29, 1.82) is 0 Å². The summed E-state index contributed by atoms with van der Waals surface area (Å²) in [5.41, 5.74) is 1.71. The molecule has 0 bridgehead atoms. The third-order valence-corrected chi connectivity index (χ3v) is 4.81. The van der Waals surface area contributed by atoms with Crippen LogP contribution in [0.15, 0.2) is 59.8 Å². The molecule has 2 aromatic rings. The SMILES string of the molecule is COc1ccc([Se]C/C(=N\O)c2ccccc2)cc1. The molecule has 0 atom stereocenters. The van der Waals surface area contributed by atoms with Crippen LogP contribution in [0.5, 0.6) is 5.75 Å². The molecule has 0 radical (unpaired) electrons. The predicted molar refractivity (Wildman–Crippen MR) is 78.0 cm³/mol. The van der Waals surface area contributed by atoms with Gasteiger partial charge in [-0.3, -0.25) is 0 Å². The van der Waals surface area contributed by atoms with E-state index >= 15 is 0 Å². The summed E-state index contributed by atoms with van der Waals surface area (Å²) < 4.78 is 6.38. The molecule has 19 heavy (non-hydrogen) atoms. The van der Waals surface area contributed by atoms with Gasteiger partial charge in [-0.25, -0.2) is 0 Å². The van der Waals surface area contributed by atoms with E-state index in [1.54, 1.807) is 7.11 Å². The van der Waals surface area contributed by atoms with Gasteiger partial charge in [0, 0.05) is 0 Å². The minimum atomic E-state index is 0.240. The molecule has 0 spiro atoms. The number of rotatable bonds is 5. The van der Waals surface area contributed by atoms with Gasteiger partial charge in [0.15, 0.2) is 0 Å². The molecule has 2 aromatic carbocycles. The van der Waals surface area contributed by atoms with Crippen LogP contribution in [0.25, 0.3) is 0 Å². The Morgan fingerprint density at radius 1 is 1.11 bits per heavy atom. The fourth-order valence-corrected chi connectivity index (χ4v) is 3.42. The van der Waals surface area contributed by atoms with E-state index in [0.29, 0.717) is 0 Å². The number of methoxy groups -OCH3 is 1. The Kier molecular flexibility index (Phi) is 5.01. The third kappa shape index (κ3) is 3.85. The second-order valence-electron chi connectivity index (χ2n) is 3.88. The van der Waals surface area contributed by atoms with Gasteiger partial charge in [0.1, 0.15) is 0 Å². The first-order chi connectivity index (χ1) is 9.33. The van der Waals surface area contributed by atoms with Crippen LogP contribution in [0.3, 0.4) is 0 Å². The number of hydrogen-bond acceptors (Lipinski definition) is 3. The van der Waals surface area contributed by atoms with Crippen LogP contribution >= 0.6 is 0 Å². The molecule has 0 aliphatic carbocycles. The topological polar surface area (TPSA) is 41.8 Å². The molecule has 2 rings (SSSR count). The second-order valence-corrected chi connectivity index (χ2v) is 6.08. The molecule has 0 aliphatic heterocycles. The number of nitrogens with zero attached hydrogens (tertiary/aromatic N) is 1. The summed E-state index contributed by atoms with van der Waals surface area (Å²) in [7, 11) is 1.66. The fourth-order valence-electron chi connectivity index (χ4n) is 1.62. The van der Waals surface area contributed by atoms with Gasteiger partial charge >= 0.3 is 119 Å². The van der Waals surface area contributed by atoms with Gasteiger partial charge in [0.05, 0.1) is 0 Å². The average Bonchev–Trinajstić information content (AvgIpc) is 2.49. The Balaban J connectivity index is 2.00. The van der Waals surface area contributed by atoms with E-state index in [0.717, 1.165) is 22.3 Å². The molecule has 0 saturated heterocycles. The summed E-state index contributed by atoms with van der Waals surface area (Å²) in [6.07, 6.45) is 0. The van der Waals surface area contributed by atoms with Crippen molar-refractivity contribution in [3.05, 3.63) is 60.2 Å². The van der Waals surface area contributed by atoms with E-state index in [9.17, 15) is 0 Å². The monoisotopic (exact) mass is 321 g/mol. The maximum atomic E-state index is 9.12. The summed E-state index contributed by atoms with van der Waals surface area (Å²) >= 11 is 0.240. The van der Waals surface area contributed by atoms with Gasteiger partial charge < -0.3 is 0 Å². The van der Waals surface area contributed by atoms with Gasteiger partial charge in [-0.05, 0) is 0 Å². The minimum absolute atomic E-state index is 0.240. The Morgan fingerprint density at radius 2 is 1.79 bits per heavy atom. The van der Waals surface area contributed by atoms with Crippen LogP contribution in [0.4, 0.5) is 0 Å². The molecule has 1 N–H and O–H groups in total. The summed E-state index contributed by atoms with van der Waals surface area (Å²) in [4.78, 5) is 0. The van der Waals surface area contributed by atoms with Crippen molar-refractivity contribution >= 4 is 25.1 Å². The Morgan fingerprint density at radius 3 is 2.37 bits per heavy atom. The van der Waals surface area contributed by atoms with E-state index in [4.69, 9.17) is 9.94 Å². The fraction of sp³-hybridized carbons (Fsp3) is 0.133. The number of oxime groups is 1. The van der Waals surface area contributed by atoms with Crippen LogP contribution in [0.2, 0.25) is 5.32 Å². The Hall–Kier alpha value is -1.77. The number of hydrogen-bond donors (Lipinski definition) is 1. The van der Waals surface area contributed by atoms with Crippen molar-refractivity contribution in [2.45, 2.75) is 5.32 Å². The van der Waals surface area contributed by atoms with Crippen molar-refractivity contribution in [3.8, 4) is 5.75 Å². The second kappa shape index (κ2) is 6.98. The molecule has 0 unspecified atom stereocenters. The van der Waals surface area contributed by atoms with E-state index in [2.05, 4.69) is 17.3 Å². The molecule has 4 heteroatoms. The van der Waals surface area contributed by atoms with Gasteiger partial charge in [0.25, 0.3) is 0 Å². The van der Waals surface area contributed by atoms with Gasteiger partial charge in [0.2, 0.25) is 0 Å². The summed E-state index contributed by atoms with van der Waals surface area (Å²) in [5.74, 6) is 0.860. The van der Waals surface area contributed by atoms with Crippen LogP contribution in [0.1, 0.15) is 5.56 Å². The zero-order valence-electron chi connectivity index (χ0n) is 10.6. The third-order valence-electron chi connectivity index (χ3n) is 2.66. The molecular weight excluding hydrogens is 305 g/mol. The molecule has 0 saturated carbocycles. The van der Waals surface area contributed by atoms with Crippen LogP contribution < -0.4 is 9.20 Å². The summed E-state index contributed by atoms with van der Waals surface area (Å²) in [6.45, 7) is 0. The molecule has 0 aromatic heterocycles. The maximum absolute atomic E-state index is 9.12. The van der Waals surface area contributed by atoms with Crippen LogP contribution in [-0.4, -0.2) is 33.0 Å². The predicted octanol–water partition coefficient (Wildman–Crippen LogP) is 2.32. The van der Waals surface area contributed by atoms with E-state index in [-0.39, 0.29) is 15.0 Å². The Bertz CT molecular complexity index is 538. The zero-order chi connectivity index (χ0) is 13.5. The van der Waals surface area contributed by atoms with Gasteiger partial charge in [-0.2, -0.15) is 0 Å². The Labute approximate surface area is 119 Å². The van der Waals surface area contributed by atoms with Crippen molar-refractivity contribution in [3.63, 3.8) is 0 Å². The van der Waals surface area contributed by atoms with Gasteiger partial charge in [-0.1, -0.05) is 0 Å². The number of benzene rings is 2. The van der Waals surface area contributed by atoms with Crippen LogP contribution in [-0.2, 0) is 0 Å².